The second kappa shape index (κ2) is 2.74. The third kappa shape index (κ3) is 1.09. The molecule has 0 bridgehead atoms. The van der Waals surface area contributed by atoms with Crippen molar-refractivity contribution in [2.75, 3.05) is 11.4 Å². The van der Waals surface area contributed by atoms with Crippen LogP contribution in [0.25, 0.3) is 10.8 Å². The van der Waals surface area contributed by atoms with Crippen molar-refractivity contribution in [2.24, 2.45) is 0 Å². The predicted molar refractivity (Wildman–Crippen MR) is 60.8 cm³/mol. The maximum Gasteiger partial charge on any atom is 0.0449 e. The van der Waals surface area contributed by atoms with E-state index >= 15 is 0 Å². The Morgan fingerprint density at radius 1 is 1.07 bits per heavy atom. The number of fused-ring (bicyclic) bond motifs is 1. The number of rotatable bonds is 1. The molecule has 1 heteroatoms. The zero-order valence-electron chi connectivity index (χ0n) is 8.27. The summed E-state index contributed by atoms with van der Waals surface area (Å²) in [6.07, 6.45) is 0. The Labute approximate surface area is 84.0 Å². The summed E-state index contributed by atoms with van der Waals surface area (Å²) >= 11 is 0. The molecular formula is C13H13N. The molecule has 0 saturated carbocycles. The lowest BCUT2D eigenvalue weighted by Crippen LogP contribution is -1.95. The fraction of sp³-hybridized carbons (Fsp3) is 0.231. The molecule has 3 rings (SSSR count). The van der Waals surface area contributed by atoms with Crippen LogP contribution in [-0.2, 0) is 0 Å². The van der Waals surface area contributed by atoms with E-state index in [4.69, 9.17) is 0 Å². The SMILES string of the molecule is CC1CN1c1cccc2ccccc12. The molecule has 1 fully saturated rings. The molecule has 2 aromatic carbocycles. The lowest BCUT2D eigenvalue weighted by Gasteiger charge is -2.07. The van der Waals surface area contributed by atoms with Gasteiger partial charge in [0, 0.05) is 23.7 Å². The quantitative estimate of drug-likeness (QED) is 0.614. The normalized spacial score (nSPS) is 20.1. The summed E-state index contributed by atoms with van der Waals surface area (Å²) in [6.45, 7) is 3.47. The monoisotopic (exact) mass is 183 g/mol. The van der Waals surface area contributed by atoms with Crippen LogP contribution >= 0.6 is 0 Å². The molecule has 1 atom stereocenters. The molecule has 2 aromatic rings. The largest absolute Gasteiger partial charge is 0.364 e. The van der Waals surface area contributed by atoms with Crippen molar-refractivity contribution in [3.8, 4) is 0 Å². The molecule has 1 aliphatic heterocycles. The van der Waals surface area contributed by atoms with Crippen LogP contribution in [0.15, 0.2) is 42.5 Å². The number of hydrogen-bond acceptors (Lipinski definition) is 1. The molecule has 1 aliphatic rings. The van der Waals surface area contributed by atoms with E-state index in [1.807, 2.05) is 0 Å². The second-order valence-corrected chi connectivity index (χ2v) is 4.00. The molecule has 1 unspecified atom stereocenters. The van der Waals surface area contributed by atoms with Gasteiger partial charge in [-0.15, -0.1) is 0 Å². The van der Waals surface area contributed by atoms with Gasteiger partial charge in [0.25, 0.3) is 0 Å². The van der Waals surface area contributed by atoms with E-state index in [0.717, 1.165) is 6.04 Å². The molecule has 0 aliphatic carbocycles. The molecular weight excluding hydrogens is 170 g/mol. The van der Waals surface area contributed by atoms with Crippen LogP contribution in [-0.4, -0.2) is 12.6 Å². The highest BCUT2D eigenvalue weighted by molar-refractivity contribution is 5.95. The summed E-state index contributed by atoms with van der Waals surface area (Å²) in [5.74, 6) is 0. The molecule has 70 valence electrons. The average Bonchev–Trinajstić information content (AvgIpc) is 2.95. The van der Waals surface area contributed by atoms with Crippen molar-refractivity contribution in [3.63, 3.8) is 0 Å². The van der Waals surface area contributed by atoms with Crippen LogP contribution < -0.4 is 4.90 Å². The Hall–Kier alpha value is -1.50. The molecule has 1 nitrogen and oxygen atoms in total. The van der Waals surface area contributed by atoms with Gasteiger partial charge in [-0.3, -0.25) is 0 Å². The number of benzene rings is 2. The van der Waals surface area contributed by atoms with Crippen LogP contribution in [0.4, 0.5) is 5.69 Å². The van der Waals surface area contributed by atoms with Crippen LogP contribution in [0.2, 0.25) is 0 Å². The van der Waals surface area contributed by atoms with Gasteiger partial charge in [-0.1, -0.05) is 36.4 Å². The summed E-state index contributed by atoms with van der Waals surface area (Å²) in [4.78, 5) is 2.43. The highest BCUT2D eigenvalue weighted by Crippen LogP contribution is 2.33. The first-order chi connectivity index (χ1) is 6.86. The predicted octanol–water partition coefficient (Wildman–Crippen LogP) is 3.05. The Morgan fingerprint density at radius 3 is 2.57 bits per heavy atom. The van der Waals surface area contributed by atoms with Gasteiger partial charge in [-0.2, -0.15) is 0 Å². The van der Waals surface area contributed by atoms with Crippen LogP contribution in [0.5, 0.6) is 0 Å². The van der Waals surface area contributed by atoms with Gasteiger partial charge in [0.1, 0.15) is 0 Å². The maximum atomic E-state index is 2.43. The summed E-state index contributed by atoms with van der Waals surface area (Å²) in [6, 6.07) is 15.8. The van der Waals surface area contributed by atoms with Gasteiger partial charge in [0.05, 0.1) is 0 Å². The van der Waals surface area contributed by atoms with E-state index in [1.165, 1.54) is 23.0 Å². The van der Waals surface area contributed by atoms with Crippen molar-refractivity contribution in [1.29, 1.82) is 0 Å². The minimum Gasteiger partial charge on any atom is -0.364 e. The van der Waals surface area contributed by atoms with Crippen molar-refractivity contribution >= 4 is 16.5 Å². The fourth-order valence-corrected chi connectivity index (χ4v) is 2.03. The zero-order chi connectivity index (χ0) is 9.54. The summed E-state index contributed by atoms with van der Waals surface area (Å²) in [7, 11) is 0. The van der Waals surface area contributed by atoms with Crippen LogP contribution in [0.3, 0.4) is 0 Å². The number of nitrogens with zero attached hydrogens (tertiary/aromatic N) is 1. The lowest BCUT2D eigenvalue weighted by molar-refractivity contribution is 1.14. The van der Waals surface area contributed by atoms with Gasteiger partial charge < -0.3 is 4.90 Å². The number of anilines is 1. The second-order valence-electron chi connectivity index (χ2n) is 4.00. The molecule has 0 amide bonds. The van der Waals surface area contributed by atoms with Gasteiger partial charge in [0.2, 0.25) is 0 Å². The van der Waals surface area contributed by atoms with E-state index in [1.54, 1.807) is 0 Å². The summed E-state index contributed by atoms with van der Waals surface area (Å²) in [5.41, 5.74) is 1.38. The van der Waals surface area contributed by atoms with E-state index in [0.29, 0.717) is 0 Å². The highest BCUT2D eigenvalue weighted by Gasteiger charge is 2.29. The van der Waals surface area contributed by atoms with Gasteiger partial charge >= 0.3 is 0 Å². The smallest absolute Gasteiger partial charge is 0.0449 e. The van der Waals surface area contributed by atoms with Crippen molar-refractivity contribution in [2.45, 2.75) is 13.0 Å². The van der Waals surface area contributed by atoms with Crippen molar-refractivity contribution in [3.05, 3.63) is 42.5 Å². The zero-order valence-corrected chi connectivity index (χ0v) is 8.27. The molecule has 14 heavy (non-hydrogen) atoms. The first-order valence-corrected chi connectivity index (χ1v) is 5.10. The Morgan fingerprint density at radius 2 is 1.79 bits per heavy atom. The molecule has 0 N–H and O–H groups in total. The fourth-order valence-electron chi connectivity index (χ4n) is 2.03. The van der Waals surface area contributed by atoms with E-state index < -0.39 is 0 Å². The Kier molecular flexibility index (Phi) is 1.54. The maximum absolute atomic E-state index is 2.43. The van der Waals surface area contributed by atoms with Gasteiger partial charge in [0.15, 0.2) is 0 Å². The first-order valence-electron chi connectivity index (χ1n) is 5.10. The molecule has 1 heterocycles. The first kappa shape index (κ1) is 7.86. The minimum absolute atomic E-state index is 0.723. The molecule has 0 spiro atoms. The molecule has 1 saturated heterocycles. The van der Waals surface area contributed by atoms with Crippen LogP contribution in [0.1, 0.15) is 6.92 Å². The Bertz CT molecular complexity index is 470. The minimum atomic E-state index is 0.723. The third-order valence-electron chi connectivity index (χ3n) is 2.94. The topological polar surface area (TPSA) is 3.01 Å². The van der Waals surface area contributed by atoms with Crippen LogP contribution in [0, 0.1) is 0 Å². The van der Waals surface area contributed by atoms with Crippen molar-refractivity contribution < 1.29 is 0 Å². The van der Waals surface area contributed by atoms with Crippen molar-refractivity contribution in [1.82, 2.24) is 0 Å². The third-order valence-corrected chi connectivity index (χ3v) is 2.94. The standard InChI is InChI=1S/C13H13N/c1-10-9-14(10)13-8-4-6-11-5-2-3-7-12(11)13/h2-8,10H,9H2,1H3. The summed E-state index contributed by atoms with van der Waals surface area (Å²) in [5, 5.41) is 2.71. The lowest BCUT2D eigenvalue weighted by atomic mass is 10.1. The highest BCUT2D eigenvalue weighted by atomic mass is 15.3. The van der Waals surface area contributed by atoms with E-state index in [-0.39, 0.29) is 0 Å². The van der Waals surface area contributed by atoms with E-state index in [2.05, 4.69) is 54.3 Å². The molecule has 0 radical (unpaired) electrons. The van der Waals surface area contributed by atoms with Gasteiger partial charge in [-0.25, -0.2) is 0 Å². The summed E-state index contributed by atoms with van der Waals surface area (Å²) < 4.78 is 0. The van der Waals surface area contributed by atoms with E-state index in [9.17, 15) is 0 Å². The van der Waals surface area contributed by atoms with Gasteiger partial charge in [-0.05, 0) is 18.4 Å². The Balaban J connectivity index is 2.23. The molecule has 0 aromatic heterocycles. The number of hydrogen-bond donors (Lipinski definition) is 0. The average molecular weight is 183 g/mol.